The Morgan fingerprint density at radius 3 is 2.31 bits per heavy atom. The summed E-state index contributed by atoms with van der Waals surface area (Å²) in [7, 11) is 0. The molecule has 0 saturated heterocycles. The number of hydrogen-bond donors (Lipinski definition) is 1. The van der Waals surface area contributed by atoms with Crippen LogP contribution in [0.1, 0.15) is 13.8 Å². The second-order valence-corrected chi connectivity index (χ2v) is 10.3. The van der Waals surface area contributed by atoms with Gasteiger partial charge < -0.3 is 5.11 Å². The third kappa shape index (κ3) is 5.14. The van der Waals surface area contributed by atoms with Gasteiger partial charge in [-0.05, 0) is 13.8 Å². The van der Waals surface area contributed by atoms with Crippen molar-refractivity contribution in [1.82, 2.24) is 4.98 Å². The number of aliphatic hydroxyl groups is 1. The van der Waals surface area contributed by atoms with Crippen LogP contribution in [0.3, 0.4) is 0 Å². The Morgan fingerprint density at radius 1 is 0.886 bits per heavy atom. The summed E-state index contributed by atoms with van der Waals surface area (Å²) in [5.74, 6) is -0.0625. The standard InChI is InChI=1S/C25H14NSe.C5H8O2.Ir/c1-2-8-17-15-18(14-13-16(17)7-1)24-23-20-10-4-6-12-22(20)27-25(23)19-9-3-5-11-21(19)26-24;1-4(6)3-5(2)7;/h1-14H;3,6H,1-2H3;/q-1;;/b;4-3-;. The molecule has 175 valence electrons. The van der Waals surface area contributed by atoms with Gasteiger partial charge in [0, 0.05) is 26.2 Å². The molecular formula is C30H22IrNO2Se-. The number of aliphatic hydroxyl groups excluding tert-OH is 1. The molecule has 0 bridgehead atoms. The number of aromatic nitrogens is 1. The summed E-state index contributed by atoms with van der Waals surface area (Å²) in [5.41, 5.74) is 3.20. The number of allylic oxidation sites excluding steroid dienone is 2. The molecule has 6 rings (SSSR count). The number of benzene rings is 4. The number of hydrogen-bond acceptors (Lipinski definition) is 3. The molecule has 0 fully saturated rings. The van der Waals surface area contributed by atoms with Gasteiger partial charge in [0.25, 0.3) is 0 Å². The van der Waals surface area contributed by atoms with Crippen LogP contribution in [-0.2, 0) is 24.9 Å². The number of para-hydroxylation sites is 1. The van der Waals surface area contributed by atoms with Gasteiger partial charge in [-0.1, -0.05) is 0 Å². The van der Waals surface area contributed by atoms with Crippen LogP contribution in [0.4, 0.5) is 0 Å². The fourth-order valence-electron chi connectivity index (χ4n) is 4.15. The minimum absolute atomic E-state index is 0. The van der Waals surface area contributed by atoms with E-state index >= 15 is 0 Å². The van der Waals surface area contributed by atoms with Crippen molar-refractivity contribution in [2.45, 2.75) is 13.8 Å². The zero-order valence-electron chi connectivity index (χ0n) is 19.2. The minimum atomic E-state index is -0.125. The molecule has 0 aliphatic heterocycles. The van der Waals surface area contributed by atoms with Crippen LogP contribution in [0.2, 0.25) is 0 Å². The number of carbonyl (C=O) groups is 1. The van der Waals surface area contributed by atoms with Gasteiger partial charge in [-0.25, -0.2) is 0 Å². The molecule has 3 nitrogen and oxygen atoms in total. The van der Waals surface area contributed by atoms with E-state index in [4.69, 9.17) is 10.1 Å². The summed E-state index contributed by atoms with van der Waals surface area (Å²) in [6.07, 6.45) is 1.17. The van der Waals surface area contributed by atoms with Gasteiger partial charge >= 0.3 is 163 Å². The normalized spacial score (nSPS) is 11.3. The number of carbonyl (C=O) groups excluding carboxylic acids is 1. The number of fused-ring (bicyclic) bond motifs is 6. The van der Waals surface area contributed by atoms with E-state index in [0.717, 1.165) is 22.2 Å². The van der Waals surface area contributed by atoms with Crippen molar-refractivity contribution < 1.29 is 30.0 Å². The van der Waals surface area contributed by atoms with Gasteiger partial charge in [-0.15, -0.1) is 0 Å². The van der Waals surface area contributed by atoms with E-state index in [1.54, 1.807) is 0 Å². The van der Waals surface area contributed by atoms with E-state index in [-0.39, 0.29) is 31.6 Å². The van der Waals surface area contributed by atoms with Crippen LogP contribution < -0.4 is 0 Å². The molecule has 0 unspecified atom stereocenters. The topological polar surface area (TPSA) is 50.2 Å². The van der Waals surface area contributed by atoms with Crippen LogP contribution in [0, 0.1) is 6.07 Å². The van der Waals surface area contributed by atoms with E-state index in [0.29, 0.717) is 14.5 Å². The van der Waals surface area contributed by atoms with Crippen LogP contribution in [0.15, 0.2) is 96.8 Å². The van der Waals surface area contributed by atoms with Crippen molar-refractivity contribution in [3.8, 4) is 11.3 Å². The second-order valence-electron chi connectivity index (χ2n) is 8.14. The molecule has 0 atom stereocenters. The Hall–Kier alpha value is -3.07. The van der Waals surface area contributed by atoms with Gasteiger partial charge in [0.2, 0.25) is 0 Å². The first-order chi connectivity index (χ1) is 16.5. The molecule has 35 heavy (non-hydrogen) atoms. The maximum absolute atomic E-state index is 10.0. The molecule has 0 aliphatic rings. The van der Waals surface area contributed by atoms with E-state index in [9.17, 15) is 4.79 Å². The number of ketones is 1. The van der Waals surface area contributed by atoms with E-state index < -0.39 is 0 Å². The molecule has 2 aromatic heterocycles. The first-order valence-corrected chi connectivity index (χ1v) is 12.7. The first kappa shape index (κ1) is 25.0. The van der Waals surface area contributed by atoms with E-state index in [1.807, 2.05) is 0 Å². The third-order valence-electron chi connectivity index (χ3n) is 5.54. The first-order valence-electron chi connectivity index (χ1n) is 11.0. The number of rotatable bonds is 2. The molecule has 0 saturated carbocycles. The van der Waals surface area contributed by atoms with Gasteiger partial charge in [0.15, 0.2) is 5.78 Å². The summed E-state index contributed by atoms with van der Waals surface area (Å²) in [4.78, 5) is 15.1. The van der Waals surface area contributed by atoms with Crippen molar-refractivity contribution in [2.75, 3.05) is 0 Å². The fourth-order valence-corrected chi connectivity index (χ4v) is 6.75. The fraction of sp³-hybridized carbons (Fsp3) is 0.0667. The molecule has 2 heterocycles. The molecule has 0 aliphatic carbocycles. The zero-order valence-corrected chi connectivity index (χ0v) is 23.3. The number of nitrogens with zero attached hydrogens (tertiary/aromatic N) is 1. The van der Waals surface area contributed by atoms with Gasteiger partial charge in [-0.2, -0.15) is 0 Å². The van der Waals surface area contributed by atoms with Gasteiger partial charge in [0.05, 0.1) is 5.76 Å². The molecule has 4 aromatic carbocycles. The van der Waals surface area contributed by atoms with E-state index in [2.05, 4.69) is 91.0 Å². The van der Waals surface area contributed by atoms with Gasteiger partial charge in [0.1, 0.15) is 0 Å². The molecule has 0 spiro atoms. The van der Waals surface area contributed by atoms with Crippen LogP contribution in [0.5, 0.6) is 0 Å². The average Bonchev–Trinajstić information content (AvgIpc) is 3.23. The third-order valence-corrected chi connectivity index (χ3v) is 8.07. The zero-order chi connectivity index (χ0) is 23.7. The van der Waals surface area contributed by atoms with Crippen molar-refractivity contribution in [3.63, 3.8) is 0 Å². The quantitative estimate of drug-likeness (QED) is 0.0897. The monoisotopic (exact) mass is 701 g/mol. The predicted molar refractivity (Wildman–Crippen MR) is 143 cm³/mol. The van der Waals surface area contributed by atoms with Crippen LogP contribution in [0.25, 0.3) is 52.2 Å². The van der Waals surface area contributed by atoms with Crippen LogP contribution in [-0.4, -0.2) is 30.4 Å². The van der Waals surface area contributed by atoms with E-state index in [1.165, 1.54) is 50.0 Å². The second kappa shape index (κ2) is 10.7. The Balaban J connectivity index is 0.000000320. The van der Waals surface area contributed by atoms with Gasteiger partial charge in [-0.3, -0.25) is 4.79 Å². The Bertz CT molecular complexity index is 1710. The Labute approximate surface area is 223 Å². The summed E-state index contributed by atoms with van der Waals surface area (Å²) >= 11 is 0.306. The maximum atomic E-state index is 10.0. The average molecular weight is 700 g/mol. The Morgan fingerprint density at radius 2 is 1.57 bits per heavy atom. The molecule has 0 amide bonds. The van der Waals surface area contributed by atoms with Crippen LogP contribution >= 0.6 is 0 Å². The summed E-state index contributed by atoms with van der Waals surface area (Å²) in [5, 5.41) is 14.6. The molecular weight excluding hydrogens is 678 g/mol. The summed E-state index contributed by atoms with van der Waals surface area (Å²) in [6.45, 7) is 2.85. The van der Waals surface area contributed by atoms with Crippen molar-refractivity contribution >= 4 is 61.3 Å². The molecule has 6 aromatic rings. The summed E-state index contributed by atoms with van der Waals surface area (Å²) < 4.78 is 2.89. The SMILES string of the molecule is CC(=O)/C=C(/C)O.[Ir].[c-]1c(-c2nc3ccccc3c3[se]c4ccccc4c23)ccc2ccccc12. The van der Waals surface area contributed by atoms with Crippen molar-refractivity contribution in [2.24, 2.45) is 0 Å². The molecule has 1 N–H and O–H groups in total. The predicted octanol–water partition coefficient (Wildman–Crippen LogP) is 7.25. The van der Waals surface area contributed by atoms with Crippen molar-refractivity contribution in [3.05, 3.63) is 103 Å². The molecule has 1 radical (unpaired) electrons. The summed E-state index contributed by atoms with van der Waals surface area (Å²) in [6, 6.07) is 33.6. The van der Waals surface area contributed by atoms with Crippen molar-refractivity contribution in [1.29, 1.82) is 0 Å². The number of pyridine rings is 1. The molecule has 5 heteroatoms. The Kier molecular flexibility index (Phi) is 7.64.